The van der Waals surface area contributed by atoms with Crippen LogP contribution in [0.5, 0.6) is 0 Å². The zero-order chi connectivity index (χ0) is 13.6. The van der Waals surface area contributed by atoms with Crippen molar-refractivity contribution < 1.29 is 18.3 Å². The van der Waals surface area contributed by atoms with Crippen molar-refractivity contribution >= 4 is 16.0 Å². The van der Waals surface area contributed by atoms with Crippen LogP contribution in [-0.4, -0.2) is 30.8 Å². The SMILES string of the molecule is CCCCS(=O)(=O)NC1(C(=O)O)CCCCCC1. The summed E-state index contributed by atoms with van der Waals surface area (Å²) in [5.74, 6) is -1.03. The molecule has 18 heavy (non-hydrogen) atoms. The van der Waals surface area contributed by atoms with Crippen molar-refractivity contribution in [1.82, 2.24) is 4.72 Å². The highest BCUT2D eigenvalue weighted by atomic mass is 32.2. The van der Waals surface area contributed by atoms with Crippen molar-refractivity contribution in [1.29, 1.82) is 0 Å². The lowest BCUT2D eigenvalue weighted by atomic mass is 9.92. The molecule has 5 nitrogen and oxygen atoms in total. The third-order valence-electron chi connectivity index (χ3n) is 3.48. The van der Waals surface area contributed by atoms with Gasteiger partial charge in [-0.15, -0.1) is 0 Å². The number of sulfonamides is 1. The molecule has 0 amide bonds. The first-order valence-corrected chi connectivity index (χ1v) is 8.32. The number of hydrogen-bond acceptors (Lipinski definition) is 3. The molecule has 0 bridgehead atoms. The molecule has 106 valence electrons. The van der Waals surface area contributed by atoms with Gasteiger partial charge in [0, 0.05) is 0 Å². The molecule has 0 unspecified atom stereocenters. The predicted octanol–water partition coefficient (Wildman–Crippen LogP) is 1.88. The third kappa shape index (κ3) is 4.24. The lowest BCUT2D eigenvalue weighted by Crippen LogP contribution is -2.54. The molecule has 1 fully saturated rings. The Balaban J connectivity index is 2.82. The quantitative estimate of drug-likeness (QED) is 0.726. The normalized spacial score (nSPS) is 20.3. The van der Waals surface area contributed by atoms with Crippen LogP contribution in [0.3, 0.4) is 0 Å². The Labute approximate surface area is 109 Å². The third-order valence-corrected chi connectivity index (χ3v) is 5.01. The van der Waals surface area contributed by atoms with E-state index >= 15 is 0 Å². The molecule has 0 aromatic rings. The zero-order valence-corrected chi connectivity index (χ0v) is 11.8. The average molecular weight is 277 g/mol. The molecule has 0 aromatic carbocycles. The van der Waals surface area contributed by atoms with Gasteiger partial charge in [-0.2, -0.15) is 4.72 Å². The van der Waals surface area contributed by atoms with Crippen LogP contribution in [0, 0.1) is 0 Å². The van der Waals surface area contributed by atoms with Crippen LogP contribution in [0.15, 0.2) is 0 Å². The fourth-order valence-corrected chi connectivity index (χ4v) is 4.03. The molecular weight excluding hydrogens is 254 g/mol. The predicted molar refractivity (Wildman–Crippen MR) is 69.9 cm³/mol. The molecule has 0 atom stereocenters. The summed E-state index contributed by atoms with van der Waals surface area (Å²) in [6.07, 6.45) is 5.62. The Bertz CT molecular complexity index is 370. The van der Waals surface area contributed by atoms with Gasteiger partial charge in [0.15, 0.2) is 0 Å². The van der Waals surface area contributed by atoms with E-state index in [-0.39, 0.29) is 5.75 Å². The Morgan fingerprint density at radius 2 is 1.78 bits per heavy atom. The Hall–Kier alpha value is -0.620. The van der Waals surface area contributed by atoms with Crippen molar-refractivity contribution in [3.8, 4) is 0 Å². The van der Waals surface area contributed by atoms with E-state index in [9.17, 15) is 18.3 Å². The van der Waals surface area contributed by atoms with Crippen molar-refractivity contribution in [2.75, 3.05) is 5.75 Å². The molecule has 1 aliphatic rings. The molecule has 1 rings (SSSR count). The van der Waals surface area contributed by atoms with Crippen LogP contribution < -0.4 is 4.72 Å². The fourth-order valence-electron chi connectivity index (χ4n) is 2.37. The van der Waals surface area contributed by atoms with Crippen LogP contribution in [0.25, 0.3) is 0 Å². The van der Waals surface area contributed by atoms with Gasteiger partial charge in [0.1, 0.15) is 5.54 Å². The van der Waals surface area contributed by atoms with Crippen molar-refractivity contribution in [2.45, 2.75) is 63.8 Å². The smallest absolute Gasteiger partial charge is 0.324 e. The highest BCUT2D eigenvalue weighted by Crippen LogP contribution is 2.28. The van der Waals surface area contributed by atoms with Crippen LogP contribution in [0.4, 0.5) is 0 Å². The van der Waals surface area contributed by atoms with Gasteiger partial charge < -0.3 is 5.11 Å². The largest absolute Gasteiger partial charge is 0.480 e. The maximum Gasteiger partial charge on any atom is 0.324 e. The molecular formula is C12H23NO4S. The highest BCUT2D eigenvalue weighted by molar-refractivity contribution is 7.89. The Kier molecular flexibility index (Phi) is 5.59. The molecule has 0 aliphatic heterocycles. The van der Waals surface area contributed by atoms with E-state index in [4.69, 9.17) is 0 Å². The van der Waals surface area contributed by atoms with Gasteiger partial charge >= 0.3 is 5.97 Å². The summed E-state index contributed by atoms with van der Waals surface area (Å²) < 4.78 is 26.3. The number of nitrogens with one attached hydrogen (secondary N) is 1. The van der Waals surface area contributed by atoms with E-state index in [1.54, 1.807) is 0 Å². The molecule has 2 N–H and O–H groups in total. The van der Waals surface area contributed by atoms with Crippen LogP contribution in [0.1, 0.15) is 58.3 Å². The van der Waals surface area contributed by atoms with Gasteiger partial charge in [-0.25, -0.2) is 8.42 Å². The fraction of sp³-hybridized carbons (Fsp3) is 0.917. The highest BCUT2D eigenvalue weighted by Gasteiger charge is 2.41. The molecule has 0 heterocycles. The molecule has 0 aromatic heterocycles. The molecule has 0 radical (unpaired) electrons. The monoisotopic (exact) mass is 277 g/mol. The standard InChI is InChI=1S/C12H23NO4S/c1-2-3-10-18(16,17)13-12(11(14)15)8-6-4-5-7-9-12/h13H,2-10H2,1H3,(H,14,15). The topological polar surface area (TPSA) is 83.5 Å². The minimum absolute atomic E-state index is 0.0124. The minimum atomic E-state index is -3.49. The molecule has 0 saturated heterocycles. The number of carboxylic acid groups (broad SMARTS) is 1. The molecule has 0 spiro atoms. The van der Waals surface area contributed by atoms with Gasteiger partial charge in [-0.05, 0) is 19.3 Å². The van der Waals surface area contributed by atoms with E-state index in [0.29, 0.717) is 19.3 Å². The number of carboxylic acids is 1. The van der Waals surface area contributed by atoms with E-state index in [1.807, 2.05) is 6.92 Å². The summed E-state index contributed by atoms with van der Waals surface area (Å²) in [7, 11) is -3.49. The van der Waals surface area contributed by atoms with Gasteiger partial charge in [0.05, 0.1) is 5.75 Å². The maximum absolute atomic E-state index is 11.9. The number of carbonyl (C=O) groups is 1. The Morgan fingerprint density at radius 3 is 2.22 bits per heavy atom. The summed E-state index contributed by atoms with van der Waals surface area (Å²) in [6, 6.07) is 0. The summed E-state index contributed by atoms with van der Waals surface area (Å²) in [5, 5.41) is 9.38. The van der Waals surface area contributed by atoms with E-state index in [0.717, 1.165) is 32.1 Å². The first kappa shape index (κ1) is 15.4. The molecule has 1 aliphatic carbocycles. The van der Waals surface area contributed by atoms with E-state index < -0.39 is 21.5 Å². The maximum atomic E-state index is 11.9. The van der Waals surface area contributed by atoms with Gasteiger partial charge in [0.2, 0.25) is 10.0 Å². The van der Waals surface area contributed by atoms with Crippen LogP contribution >= 0.6 is 0 Å². The van der Waals surface area contributed by atoms with Crippen molar-refractivity contribution in [3.05, 3.63) is 0 Å². The first-order chi connectivity index (χ1) is 8.42. The lowest BCUT2D eigenvalue weighted by Gasteiger charge is -2.28. The molecule has 1 saturated carbocycles. The Morgan fingerprint density at radius 1 is 1.22 bits per heavy atom. The second kappa shape index (κ2) is 6.52. The summed E-state index contributed by atoms with van der Waals surface area (Å²) >= 11 is 0. The zero-order valence-electron chi connectivity index (χ0n) is 10.9. The first-order valence-electron chi connectivity index (χ1n) is 6.67. The summed E-state index contributed by atoms with van der Waals surface area (Å²) in [6.45, 7) is 1.91. The van der Waals surface area contributed by atoms with Crippen molar-refractivity contribution in [3.63, 3.8) is 0 Å². The number of hydrogen-bond donors (Lipinski definition) is 2. The summed E-state index contributed by atoms with van der Waals surface area (Å²) in [4.78, 5) is 11.5. The lowest BCUT2D eigenvalue weighted by molar-refractivity contribution is -0.144. The minimum Gasteiger partial charge on any atom is -0.480 e. The van der Waals surface area contributed by atoms with E-state index in [1.165, 1.54) is 0 Å². The van der Waals surface area contributed by atoms with Gasteiger partial charge in [-0.3, -0.25) is 4.79 Å². The second-order valence-corrected chi connectivity index (χ2v) is 6.92. The second-order valence-electron chi connectivity index (χ2n) is 5.08. The van der Waals surface area contributed by atoms with Gasteiger partial charge in [0.25, 0.3) is 0 Å². The van der Waals surface area contributed by atoms with E-state index in [2.05, 4.69) is 4.72 Å². The van der Waals surface area contributed by atoms with Gasteiger partial charge in [-0.1, -0.05) is 39.0 Å². The average Bonchev–Trinajstić information content (AvgIpc) is 2.52. The van der Waals surface area contributed by atoms with Crippen LogP contribution in [0.2, 0.25) is 0 Å². The number of aliphatic carboxylic acids is 1. The summed E-state index contributed by atoms with van der Waals surface area (Å²) in [5.41, 5.74) is -1.27. The number of rotatable bonds is 6. The van der Waals surface area contributed by atoms with Crippen LogP contribution in [-0.2, 0) is 14.8 Å². The van der Waals surface area contributed by atoms with Crippen molar-refractivity contribution in [2.24, 2.45) is 0 Å². The molecule has 6 heteroatoms. The number of unbranched alkanes of at least 4 members (excludes halogenated alkanes) is 1.